The zero-order valence-corrected chi connectivity index (χ0v) is 23.2. The number of nitrogens with one attached hydrogen (secondary N) is 1. The number of carbonyl (C=O) groups is 1. The minimum absolute atomic E-state index is 0.0471. The van der Waals surface area contributed by atoms with E-state index in [4.69, 9.17) is 25.8 Å². The van der Waals surface area contributed by atoms with E-state index in [0.29, 0.717) is 37.6 Å². The quantitative estimate of drug-likeness (QED) is 0.515. The molecular weight excluding hydrogens is 555 g/mol. The van der Waals surface area contributed by atoms with Crippen LogP contribution < -0.4 is 15.0 Å². The van der Waals surface area contributed by atoms with Gasteiger partial charge in [-0.1, -0.05) is 0 Å². The molecule has 2 aromatic rings. The van der Waals surface area contributed by atoms with Gasteiger partial charge in [0.1, 0.15) is 23.1 Å². The van der Waals surface area contributed by atoms with Gasteiger partial charge in [0.15, 0.2) is 0 Å². The fourth-order valence-corrected chi connectivity index (χ4v) is 4.94. The normalized spacial score (nSPS) is 20.0. The molecule has 3 aliphatic rings. The maximum Gasteiger partial charge on any atom is 0.423 e. The Morgan fingerprint density at radius 3 is 2.62 bits per heavy atom. The van der Waals surface area contributed by atoms with Gasteiger partial charge < -0.3 is 29.3 Å². The molecule has 1 amide bonds. The second-order valence-electron chi connectivity index (χ2n) is 11.0. The van der Waals surface area contributed by atoms with E-state index < -0.39 is 35.4 Å². The van der Waals surface area contributed by atoms with Gasteiger partial charge in [0.05, 0.1) is 25.5 Å². The Kier molecular flexibility index (Phi) is 7.83. The summed E-state index contributed by atoms with van der Waals surface area (Å²) in [5.41, 5.74) is -0.0707. The van der Waals surface area contributed by atoms with Crippen molar-refractivity contribution >= 4 is 29.5 Å². The Morgan fingerprint density at radius 2 is 1.95 bits per heavy atom. The van der Waals surface area contributed by atoms with E-state index in [1.807, 2.05) is 20.8 Å². The number of piperidine rings is 1. The van der Waals surface area contributed by atoms with Crippen molar-refractivity contribution in [2.45, 2.75) is 70.5 Å². The van der Waals surface area contributed by atoms with Gasteiger partial charge in [-0.05, 0) is 51.6 Å². The van der Waals surface area contributed by atoms with Crippen LogP contribution in [0.25, 0.3) is 0 Å². The predicted octanol–water partition coefficient (Wildman–Crippen LogP) is 4.09. The van der Waals surface area contributed by atoms with Crippen molar-refractivity contribution in [3.63, 3.8) is 0 Å². The number of hydrogen-bond acceptors (Lipinski definition) is 10. The lowest BCUT2D eigenvalue weighted by molar-refractivity contribution is -0.142. The van der Waals surface area contributed by atoms with Gasteiger partial charge in [0.25, 0.3) is 0 Å². The summed E-state index contributed by atoms with van der Waals surface area (Å²) >= 11 is 6.29. The second kappa shape index (κ2) is 11.0. The van der Waals surface area contributed by atoms with Crippen molar-refractivity contribution in [3.8, 4) is 5.88 Å². The molecule has 0 saturated carbocycles. The molecule has 11 nitrogen and oxygen atoms in total. The van der Waals surface area contributed by atoms with E-state index in [-0.39, 0.29) is 37.0 Å². The standard InChI is InChI=1S/C25H31ClF3N7O4/c1-24(2,3)40-23(37)36-8-6-16-18(11-36)32-21(26)33-19(16)35-7-4-5-14(10-35)31-22-30-9-17(25(27,28)29)20(34-22)39-15-12-38-13-15/h9,14-15H,4-8,10-13H2,1-3H3,(H,30,31,34)/t14-/m1/s1. The largest absolute Gasteiger partial charge is 0.469 e. The van der Waals surface area contributed by atoms with Gasteiger partial charge in [-0.15, -0.1) is 0 Å². The summed E-state index contributed by atoms with van der Waals surface area (Å²) in [7, 11) is 0. The monoisotopic (exact) mass is 585 g/mol. The van der Waals surface area contributed by atoms with Crippen LogP contribution in [0.3, 0.4) is 0 Å². The van der Waals surface area contributed by atoms with E-state index in [1.165, 1.54) is 0 Å². The molecule has 1 N–H and O–H groups in total. The minimum Gasteiger partial charge on any atom is -0.469 e. The summed E-state index contributed by atoms with van der Waals surface area (Å²) in [4.78, 5) is 33.1. The molecule has 2 fully saturated rings. The molecule has 15 heteroatoms. The Balaban J connectivity index is 1.31. The lowest BCUT2D eigenvalue weighted by Crippen LogP contribution is -2.45. The summed E-state index contributed by atoms with van der Waals surface area (Å²) in [6.07, 6.45) is -2.73. The van der Waals surface area contributed by atoms with Crippen LogP contribution in [-0.4, -0.2) is 81.5 Å². The molecule has 0 spiro atoms. The fraction of sp³-hybridized carbons (Fsp3) is 0.640. The minimum atomic E-state index is -4.65. The number of aromatic nitrogens is 4. The van der Waals surface area contributed by atoms with Gasteiger partial charge in [-0.3, -0.25) is 0 Å². The van der Waals surface area contributed by atoms with Crippen molar-refractivity contribution in [3.05, 3.63) is 28.3 Å². The molecule has 2 aromatic heterocycles. The summed E-state index contributed by atoms with van der Waals surface area (Å²) in [5, 5.41) is 3.23. The highest BCUT2D eigenvalue weighted by Gasteiger charge is 2.38. The molecule has 218 valence electrons. The van der Waals surface area contributed by atoms with Crippen LogP contribution in [0.1, 0.15) is 50.4 Å². The Bertz CT molecular complexity index is 1260. The van der Waals surface area contributed by atoms with E-state index >= 15 is 0 Å². The van der Waals surface area contributed by atoms with Crippen LogP contribution in [0.4, 0.5) is 29.7 Å². The summed E-state index contributed by atoms with van der Waals surface area (Å²) < 4.78 is 56.4. The first-order valence-electron chi connectivity index (χ1n) is 13.1. The van der Waals surface area contributed by atoms with E-state index in [9.17, 15) is 18.0 Å². The molecule has 0 aliphatic carbocycles. The number of nitrogens with zero attached hydrogens (tertiary/aromatic N) is 6. The number of alkyl halides is 3. The number of carbonyl (C=O) groups excluding carboxylic acids is 1. The van der Waals surface area contributed by atoms with Gasteiger partial charge in [0.2, 0.25) is 17.1 Å². The molecule has 1 atom stereocenters. The van der Waals surface area contributed by atoms with Crippen LogP contribution in [-0.2, 0) is 28.6 Å². The Labute approximate surface area is 234 Å². The van der Waals surface area contributed by atoms with Gasteiger partial charge in [-0.25, -0.2) is 19.7 Å². The molecule has 0 bridgehead atoms. The molecule has 0 unspecified atom stereocenters. The Hall–Kier alpha value is -3.13. The fourth-order valence-electron chi connectivity index (χ4n) is 4.76. The maximum atomic E-state index is 13.5. The van der Waals surface area contributed by atoms with Gasteiger partial charge in [0, 0.05) is 37.4 Å². The van der Waals surface area contributed by atoms with Gasteiger partial charge in [-0.2, -0.15) is 18.2 Å². The average molecular weight is 586 g/mol. The lowest BCUT2D eigenvalue weighted by Gasteiger charge is -2.37. The number of rotatable bonds is 5. The topological polar surface area (TPSA) is 115 Å². The van der Waals surface area contributed by atoms with Crippen molar-refractivity contribution < 1.29 is 32.2 Å². The number of amides is 1. The highest BCUT2D eigenvalue weighted by atomic mass is 35.5. The first-order valence-corrected chi connectivity index (χ1v) is 13.5. The maximum absolute atomic E-state index is 13.5. The third-order valence-electron chi connectivity index (χ3n) is 6.67. The summed E-state index contributed by atoms with van der Waals surface area (Å²) in [5.74, 6) is 0.218. The molecule has 3 aliphatic heterocycles. The molecule has 5 rings (SSSR count). The number of anilines is 2. The van der Waals surface area contributed by atoms with Crippen LogP contribution in [0.15, 0.2) is 6.20 Å². The summed E-state index contributed by atoms with van der Waals surface area (Å²) in [6, 6.07) is -0.170. The van der Waals surface area contributed by atoms with Crippen LogP contribution in [0.5, 0.6) is 5.88 Å². The Morgan fingerprint density at radius 1 is 1.18 bits per heavy atom. The van der Waals surface area contributed by atoms with Gasteiger partial charge >= 0.3 is 12.3 Å². The first kappa shape index (κ1) is 28.4. The number of fused-ring (bicyclic) bond motifs is 1. The van der Waals surface area contributed by atoms with Crippen molar-refractivity contribution in [1.29, 1.82) is 0 Å². The highest BCUT2D eigenvalue weighted by molar-refractivity contribution is 6.28. The smallest absolute Gasteiger partial charge is 0.423 e. The predicted molar refractivity (Wildman–Crippen MR) is 139 cm³/mol. The molecule has 40 heavy (non-hydrogen) atoms. The molecule has 0 aromatic carbocycles. The number of ether oxygens (including phenoxy) is 3. The van der Waals surface area contributed by atoms with Crippen molar-refractivity contribution in [2.24, 2.45) is 0 Å². The molecule has 5 heterocycles. The molecular formula is C25H31ClF3N7O4. The zero-order valence-electron chi connectivity index (χ0n) is 22.4. The zero-order chi connectivity index (χ0) is 28.7. The van der Waals surface area contributed by atoms with Crippen LogP contribution >= 0.6 is 11.6 Å². The van der Waals surface area contributed by atoms with E-state index in [2.05, 4.69) is 30.2 Å². The lowest BCUT2D eigenvalue weighted by atomic mass is 10.0. The third-order valence-corrected chi connectivity index (χ3v) is 6.84. The highest BCUT2D eigenvalue weighted by Crippen LogP contribution is 2.36. The SMILES string of the molecule is CC(C)(C)OC(=O)N1CCc2c(nc(Cl)nc2N2CCC[C@@H](Nc3ncc(C(F)(F)F)c(OC4COC4)n3)C2)C1. The second-order valence-corrected chi connectivity index (χ2v) is 11.3. The molecule has 2 saturated heterocycles. The van der Waals surface area contributed by atoms with Crippen molar-refractivity contribution in [2.75, 3.05) is 43.1 Å². The number of hydrogen-bond donors (Lipinski definition) is 1. The summed E-state index contributed by atoms with van der Waals surface area (Å²) in [6.45, 7) is 7.76. The first-order chi connectivity index (χ1) is 18.9. The van der Waals surface area contributed by atoms with Crippen LogP contribution in [0.2, 0.25) is 5.28 Å². The van der Waals surface area contributed by atoms with E-state index in [1.54, 1.807) is 4.90 Å². The average Bonchev–Trinajstić information content (AvgIpc) is 2.84. The van der Waals surface area contributed by atoms with Crippen LogP contribution in [0, 0.1) is 0 Å². The number of halogens is 4. The molecule has 0 radical (unpaired) electrons. The van der Waals surface area contributed by atoms with Crippen molar-refractivity contribution in [1.82, 2.24) is 24.8 Å². The third kappa shape index (κ3) is 6.60. The van der Waals surface area contributed by atoms with E-state index in [0.717, 1.165) is 24.6 Å².